The molecule has 4 heteroatoms. The predicted octanol–water partition coefficient (Wildman–Crippen LogP) is 2.51. The molecule has 18 heavy (non-hydrogen) atoms. The van der Waals surface area contributed by atoms with E-state index in [1.165, 1.54) is 0 Å². The Kier molecular flexibility index (Phi) is 6.87. The maximum Gasteiger partial charge on any atom is 0.307 e. The summed E-state index contributed by atoms with van der Waals surface area (Å²) in [5.74, 6) is -0.150. The topological polar surface area (TPSA) is 55.8 Å². The number of hydrogen-bond donors (Lipinski definition) is 1. The molecule has 0 fully saturated rings. The number of rotatable bonds is 9. The van der Waals surface area contributed by atoms with E-state index in [-0.39, 0.29) is 6.42 Å². The van der Waals surface area contributed by atoms with E-state index in [4.69, 9.17) is 14.6 Å². The van der Waals surface area contributed by atoms with Crippen molar-refractivity contribution in [2.75, 3.05) is 19.8 Å². The minimum absolute atomic E-state index is 0.0181. The highest BCUT2D eigenvalue weighted by Crippen LogP contribution is 2.13. The summed E-state index contributed by atoms with van der Waals surface area (Å²) in [5.41, 5.74) is 0.743. The maximum absolute atomic E-state index is 10.6. The third kappa shape index (κ3) is 6.25. The monoisotopic (exact) mass is 252 g/mol. The van der Waals surface area contributed by atoms with Crippen molar-refractivity contribution in [3.63, 3.8) is 0 Å². The standard InChI is InChI=1S/C14H20O4/c1-2-3-7-17-8-9-18-13-6-4-5-12(10-13)11-14(15)16/h4-6,10H,2-3,7-9,11H2,1H3,(H,15,16). The van der Waals surface area contributed by atoms with Gasteiger partial charge in [-0.3, -0.25) is 4.79 Å². The van der Waals surface area contributed by atoms with E-state index in [1.54, 1.807) is 18.2 Å². The summed E-state index contributed by atoms with van der Waals surface area (Å²) in [6.45, 7) is 3.93. The van der Waals surface area contributed by atoms with Crippen LogP contribution in [0.15, 0.2) is 24.3 Å². The predicted molar refractivity (Wildman–Crippen MR) is 69.0 cm³/mol. The SMILES string of the molecule is CCCCOCCOc1cccc(CC(=O)O)c1. The smallest absolute Gasteiger partial charge is 0.307 e. The van der Waals surface area contributed by atoms with E-state index in [0.29, 0.717) is 19.0 Å². The van der Waals surface area contributed by atoms with Crippen molar-refractivity contribution >= 4 is 5.97 Å². The van der Waals surface area contributed by atoms with Crippen LogP contribution < -0.4 is 4.74 Å². The van der Waals surface area contributed by atoms with Crippen molar-refractivity contribution in [1.82, 2.24) is 0 Å². The van der Waals surface area contributed by atoms with Crippen LogP contribution in [0.3, 0.4) is 0 Å². The molecular weight excluding hydrogens is 232 g/mol. The molecule has 1 aromatic carbocycles. The molecule has 0 aliphatic heterocycles. The zero-order chi connectivity index (χ0) is 13.2. The van der Waals surface area contributed by atoms with Gasteiger partial charge in [-0.15, -0.1) is 0 Å². The van der Waals surface area contributed by atoms with Gasteiger partial charge in [0.1, 0.15) is 12.4 Å². The van der Waals surface area contributed by atoms with Crippen LogP contribution in [-0.4, -0.2) is 30.9 Å². The zero-order valence-corrected chi connectivity index (χ0v) is 10.7. The van der Waals surface area contributed by atoms with Gasteiger partial charge in [-0.2, -0.15) is 0 Å². The lowest BCUT2D eigenvalue weighted by atomic mass is 10.1. The fraction of sp³-hybridized carbons (Fsp3) is 0.500. The first-order valence-electron chi connectivity index (χ1n) is 6.23. The molecule has 0 unspecified atom stereocenters. The van der Waals surface area contributed by atoms with Crippen molar-refractivity contribution in [2.24, 2.45) is 0 Å². The van der Waals surface area contributed by atoms with E-state index in [0.717, 1.165) is 25.0 Å². The fourth-order valence-corrected chi connectivity index (χ4v) is 1.49. The Labute approximate surface area is 108 Å². The zero-order valence-electron chi connectivity index (χ0n) is 10.7. The van der Waals surface area contributed by atoms with Gasteiger partial charge in [0.25, 0.3) is 0 Å². The number of carboxylic acids is 1. The number of ether oxygens (including phenoxy) is 2. The first kappa shape index (κ1) is 14.5. The number of unbranched alkanes of at least 4 members (excludes halogenated alkanes) is 1. The van der Waals surface area contributed by atoms with Crippen LogP contribution >= 0.6 is 0 Å². The molecule has 0 amide bonds. The Morgan fingerprint density at radius 2 is 2.11 bits per heavy atom. The van der Waals surface area contributed by atoms with Gasteiger partial charge in [-0.1, -0.05) is 25.5 Å². The minimum atomic E-state index is -0.838. The van der Waals surface area contributed by atoms with Crippen LogP contribution in [0.2, 0.25) is 0 Å². The second kappa shape index (κ2) is 8.53. The molecule has 4 nitrogen and oxygen atoms in total. The number of aliphatic carboxylic acids is 1. The second-order valence-corrected chi connectivity index (χ2v) is 4.03. The van der Waals surface area contributed by atoms with E-state index >= 15 is 0 Å². The van der Waals surface area contributed by atoms with Crippen molar-refractivity contribution < 1.29 is 19.4 Å². The van der Waals surface area contributed by atoms with Crippen molar-refractivity contribution in [3.05, 3.63) is 29.8 Å². The first-order valence-corrected chi connectivity index (χ1v) is 6.23. The van der Waals surface area contributed by atoms with Gasteiger partial charge in [0.05, 0.1) is 13.0 Å². The Bertz CT molecular complexity index is 363. The molecule has 0 radical (unpaired) electrons. The molecule has 0 aromatic heterocycles. The highest BCUT2D eigenvalue weighted by molar-refractivity contribution is 5.70. The van der Waals surface area contributed by atoms with Crippen molar-refractivity contribution in [3.8, 4) is 5.75 Å². The van der Waals surface area contributed by atoms with Gasteiger partial charge < -0.3 is 14.6 Å². The summed E-state index contributed by atoms with van der Waals surface area (Å²) in [4.78, 5) is 10.6. The van der Waals surface area contributed by atoms with Crippen molar-refractivity contribution in [2.45, 2.75) is 26.2 Å². The fourth-order valence-electron chi connectivity index (χ4n) is 1.49. The lowest BCUT2D eigenvalue weighted by molar-refractivity contribution is -0.136. The van der Waals surface area contributed by atoms with Crippen LogP contribution in [0.4, 0.5) is 0 Å². The summed E-state index contributed by atoms with van der Waals surface area (Å²) < 4.78 is 10.9. The molecule has 0 heterocycles. The molecule has 0 saturated carbocycles. The number of benzene rings is 1. The first-order chi connectivity index (χ1) is 8.72. The van der Waals surface area contributed by atoms with Crippen LogP contribution in [0.5, 0.6) is 5.75 Å². The lowest BCUT2D eigenvalue weighted by Gasteiger charge is -2.08. The molecule has 0 atom stereocenters. The summed E-state index contributed by atoms with van der Waals surface area (Å²) >= 11 is 0. The largest absolute Gasteiger partial charge is 0.491 e. The molecule has 0 bridgehead atoms. The molecule has 0 aliphatic rings. The molecule has 0 aliphatic carbocycles. The molecule has 1 rings (SSSR count). The Morgan fingerprint density at radius 1 is 1.28 bits per heavy atom. The van der Waals surface area contributed by atoms with Gasteiger partial charge in [0, 0.05) is 6.61 Å². The third-order valence-corrected chi connectivity index (χ3v) is 2.39. The van der Waals surface area contributed by atoms with Gasteiger partial charge in [0.2, 0.25) is 0 Å². The van der Waals surface area contributed by atoms with Crippen molar-refractivity contribution in [1.29, 1.82) is 0 Å². The van der Waals surface area contributed by atoms with Gasteiger partial charge in [-0.05, 0) is 24.1 Å². The van der Waals surface area contributed by atoms with E-state index in [2.05, 4.69) is 6.92 Å². The average Bonchev–Trinajstić information content (AvgIpc) is 2.33. The summed E-state index contributed by atoms with van der Waals surface area (Å²) in [7, 11) is 0. The molecule has 0 spiro atoms. The minimum Gasteiger partial charge on any atom is -0.491 e. The second-order valence-electron chi connectivity index (χ2n) is 4.03. The molecule has 1 aromatic rings. The van der Waals surface area contributed by atoms with Crippen LogP contribution in [-0.2, 0) is 16.0 Å². The summed E-state index contributed by atoms with van der Waals surface area (Å²) in [5, 5.41) is 8.69. The Hall–Kier alpha value is -1.55. The highest BCUT2D eigenvalue weighted by atomic mass is 16.5. The molecule has 1 N–H and O–H groups in total. The lowest BCUT2D eigenvalue weighted by Crippen LogP contribution is -2.08. The van der Waals surface area contributed by atoms with E-state index < -0.39 is 5.97 Å². The highest BCUT2D eigenvalue weighted by Gasteiger charge is 2.01. The number of carbonyl (C=O) groups is 1. The van der Waals surface area contributed by atoms with Crippen LogP contribution in [0.25, 0.3) is 0 Å². The third-order valence-electron chi connectivity index (χ3n) is 2.39. The van der Waals surface area contributed by atoms with Gasteiger partial charge >= 0.3 is 5.97 Å². The molecule has 0 saturated heterocycles. The molecule has 100 valence electrons. The summed E-state index contributed by atoms with van der Waals surface area (Å²) in [6.07, 6.45) is 2.20. The van der Waals surface area contributed by atoms with Crippen LogP contribution in [0, 0.1) is 0 Å². The number of carboxylic acid groups (broad SMARTS) is 1. The average molecular weight is 252 g/mol. The Balaban J connectivity index is 2.27. The molecular formula is C14H20O4. The number of hydrogen-bond acceptors (Lipinski definition) is 3. The quantitative estimate of drug-likeness (QED) is 0.686. The van der Waals surface area contributed by atoms with E-state index in [9.17, 15) is 4.79 Å². The normalized spacial score (nSPS) is 10.3. The van der Waals surface area contributed by atoms with Gasteiger partial charge in [-0.25, -0.2) is 0 Å². The maximum atomic E-state index is 10.6. The van der Waals surface area contributed by atoms with Crippen LogP contribution in [0.1, 0.15) is 25.3 Å². The van der Waals surface area contributed by atoms with E-state index in [1.807, 2.05) is 6.07 Å². The Morgan fingerprint density at radius 3 is 2.83 bits per heavy atom. The summed E-state index contributed by atoms with van der Waals surface area (Å²) in [6, 6.07) is 7.14. The van der Waals surface area contributed by atoms with Gasteiger partial charge in [0.15, 0.2) is 0 Å².